The Morgan fingerprint density at radius 2 is 2.28 bits per heavy atom. The lowest BCUT2D eigenvalue weighted by atomic mass is 10.0. The van der Waals surface area contributed by atoms with Crippen molar-refractivity contribution in [2.24, 2.45) is 0 Å². The molecule has 1 atom stereocenters. The van der Waals surface area contributed by atoms with Gasteiger partial charge in [-0.1, -0.05) is 12.5 Å². The third kappa shape index (κ3) is 5.71. The van der Waals surface area contributed by atoms with Gasteiger partial charge in [0.1, 0.15) is 0 Å². The summed E-state index contributed by atoms with van der Waals surface area (Å²) >= 11 is 4.38. The minimum atomic E-state index is -0.175. The Balaban J connectivity index is 2.07. The lowest BCUT2D eigenvalue weighted by molar-refractivity contribution is -0.143. The molecule has 0 aromatic rings. The third-order valence-electron chi connectivity index (χ3n) is 3.06. The number of unbranched alkanes of at least 4 members (excludes halogenated alkanes) is 1. The molecule has 0 bridgehead atoms. The molecule has 0 aromatic carbocycles. The molecule has 18 heavy (non-hydrogen) atoms. The number of carbonyl (C=O) groups excluding carboxylic acids is 2. The summed E-state index contributed by atoms with van der Waals surface area (Å²) in [6.07, 6.45) is 7.79. The zero-order chi connectivity index (χ0) is 13.4. The molecule has 0 N–H and O–H groups in total. The molecule has 0 radical (unpaired) electrons. The van der Waals surface area contributed by atoms with Gasteiger partial charge in [-0.25, -0.2) is 0 Å². The maximum absolute atomic E-state index is 11.4. The number of thiol groups is 1. The van der Waals surface area contributed by atoms with Crippen LogP contribution in [0, 0.1) is 0 Å². The van der Waals surface area contributed by atoms with E-state index in [9.17, 15) is 9.59 Å². The van der Waals surface area contributed by atoms with E-state index in [2.05, 4.69) is 18.7 Å². The molecule has 4 heteroatoms. The smallest absolute Gasteiger partial charge is 0.306 e. The Kier molecular flexibility index (Phi) is 7.09. The first-order valence-electron chi connectivity index (χ1n) is 6.69. The van der Waals surface area contributed by atoms with E-state index >= 15 is 0 Å². The predicted octanol–water partition coefficient (Wildman–Crippen LogP) is 3.09. The standard InChI is InChI=1S/C14H22O3S/c1-2-17-14(16)10-12(18)8-4-3-6-11-7-5-9-13(11)15/h7,12,18H,2-6,8-10H2,1H3. The predicted molar refractivity (Wildman–Crippen MR) is 74.8 cm³/mol. The molecular formula is C14H22O3S. The van der Waals surface area contributed by atoms with Gasteiger partial charge in [-0.05, 0) is 38.2 Å². The summed E-state index contributed by atoms with van der Waals surface area (Å²) in [5.74, 6) is 0.134. The maximum atomic E-state index is 11.4. The van der Waals surface area contributed by atoms with Crippen LogP contribution >= 0.6 is 12.6 Å². The second kappa shape index (κ2) is 8.35. The summed E-state index contributed by atoms with van der Waals surface area (Å²) in [5.41, 5.74) is 0.996. The number of rotatable bonds is 8. The molecule has 1 rings (SSSR count). The fourth-order valence-corrected chi connectivity index (χ4v) is 2.43. The highest BCUT2D eigenvalue weighted by Gasteiger charge is 2.15. The van der Waals surface area contributed by atoms with Gasteiger partial charge < -0.3 is 4.74 Å². The van der Waals surface area contributed by atoms with Crippen LogP contribution in [0.2, 0.25) is 0 Å². The summed E-state index contributed by atoms with van der Waals surface area (Å²) in [5, 5.41) is 0.0670. The van der Waals surface area contributed by atoms with Crippen LogP contribution in [0.3, 0.4) is 0 Å². The number of Topliss-reactive ketones (excluding diaryl/α,β-unsaturated/α-hetero) is 1. The van der Waals surface area contributed by atoms with Crippen molar-refractivity contribution >= 4 is 24.4 Å². The Bertz CT molecular complexity index is 323. The highest BCUT2D eigenvalue weighted by atomic mass is 32.1. The highest BCUT2D eigenvalue weighted by Crippen LogP contribution is 2.21. The van der Waals surface area contributed by atoms with E-state index in [0.29, 0.717) is 25.2 Å². The zero-order valence-corrected chi connectivity index (χ0v) is 11.9. The summed E-state index contributed by atoms with van der Waals surface area (Å²) in [6.45, 7) is 2.23. The first-order chi connectivity index (χ1) is 8.63. The zero-order valence-electron chi connectivity index (χ0n) is 11.0. The fraction of sp³-hybridized carbons (Fsp3) is 0.714. The van der Waals surface area contributed by atoms with Crippen molar-refractivity contribution in [2.75, 3.05) is 6.61 Å². The summed E-state index contributed by atoms with van der Waals surface area (Å²) in [7, 11) is 0. The number of hydrogen-bond acceptors (Lipinski definition) is 4. The number of ether oxygens (including phenoxy) is 1. The Hall–Kier alpha value is -0.770. The van der Waals surface area contributed by atoms with Gasteiger partial charge in [-0.3, -0.25) is 9.59 Å². The van der Waals surface area contributed by atoms with E-state index in [4.69, 9.17) is 4.74 Å². The van der Waals surface area contributed by atoms with Crippen molar-refractivity contribution in [3.05, 3.63) is 11.6 Å². The number of ketones is 1. The molecule has 0 aliphatic heterocycles. The molecule has 102 valence electrons. The van der Waals surface area contributed by atoms with Gasteiger partial charge in [-0.2, -0.15) is 12.6 Å². The topological polar surface area (TPSA) is 43.4 Å². The molecule has 3 nitrogen and oxygen atoms in total. The van der Waals surface area contributed by atoms with E-state index in [1.54, 1.807) is 6.92 Å². The Morgan fingerprint density at radius 1 is 1.50 bits per heavy atom. The van der Waals surface area contributed by atoms with Crippen LogP contribution in [0.5, 0.6) is 0 Å². The molecule has 1 aliphatic carbocycles. The van der Waals surface area contributed by atoms with E-state index in [1.165, 1.54) is 0 Å². The lowest BCUT2D eigenvalue weighted by Crippen LogP contribution is -2.11. The average molecular weight is 270 g/mol. The quantitative estimate of drug-likeness (QED) is 0.419. The largest absolute Gasteiger partial charge is 0.466 e. The summed E-state index contributed by atoms with van der Waals surface area (Å²) in [4.78, 5) is 22.6. The monoisotopic (exact) mass is 270 g/mol. The van der Waals surface area contributed by atoms with Crippen molar-refractivity contribution in [2.45, 2.75) is 57.1 Å². The van der Waals surface area contributed by atoms with E-state index in [0.717, 1.165) is 37.7 Å². The molecule has 1 aliphatic rings. The minimum absolute atomic E-state index is 0.0670. The Labute approximate surface area is 114 Å². The molecule has 0 amide bonds. The van der Waals surface area contributed by atoms with Crippen LogP contribution in [-0.2, 0) is 14.3 Å². The molecule has 1 unspecified atom stereocenters. The highest BCUT2D eigenvalue weighted by molar-refractivity contribution is 7.81. The maximum Gasteiger partial charge on any atom is 0.306 e. The van der Waals surface area contributed by atoms with Crippen LogP contribution in [0.15, 0.2) is 11.6 Å². The fourth-order valence-electron chi connectivity index (χ4n) is 2.10. The van der Waals surface area contributed by atoms with Crippen LogP contribution in [0.4, 0.5) is 0 Å². The number of esters is 1. The van der Waals surface area contributed by atoms with E-state index in [1.807, 2.05) is 0 Å². The minimum Gasteiger partial charge on any atom is -0.466 e. The second-order valence-corrected chi connectivity index (χ2v) is 5.33. The van der Waals surface area contributed by atoms with Crippen LogP contribution in [-0.4, -0.2) is 23.6 Å². The molecule has 0 spiro atoms. The number of hydrogen-bond donors (Lipinski definition) is 1. The third-order valence-corrected chi connectivity index (χ3v) is 3.50. The summed E-state index contributed by atoms with van der Waals surface area (Å²) < 4.78 is 4.87. The van der Waals surface area contributed by atoms with Crippen LogP contribution in [0.25, 0.3) is 0 Å². The first kappa shape index (κ1) is 15.3. The van der Waals surface area contributed by atoms with Crippen molar-refractivity contribution in [3.63, 3.8) is 0 Å². The van der Waals surface area contributed by atoms with Gasteiger partial charge in [0.25, 0.3) is 0 Å². The first-order valence-corrected chi connectivity index (χ1v) is 7.21. The van der Waals surface area contributed by atoms with Gasteiger partial charge in [-0.15, -0.1) is 0 Å². The molecule has 0 fully saturated rings. The van der Waals surface area contributed by atoms with Crippen LogP contribution < -0.4 is 0 Å². The number of carbonyl (C=O) groups is 2. The molecular weight excluding hydrogens is 248 g/mol. The van der Waals surface area contributed by atoms with Gasteiger partial charge in [0.2, 0.25) is 0 Å². The normalized spacial score (nSPS) is 16.6. The van der Waals surface area contributed by atoms with Gasteiger partial charge in [0.05, 0.1) is 13.0 Å². The summed E-state index contributed by atoms with van der Waals surface area (Å²) in [6, 6.07) is 0. The lowest BCUT2D eigenvalue weighted by Gasteiger charge is -2.09. The van der Waals surface area contributed by atoms with Gasteiger partial charge in [0, 0.05) is 11.7 Å². The molecule has 0 heterocycles. The molecule has 0 saturated heterocycles. The van der Waals surface area contributed by atoms with Crippen molar-refractivity contribution in [3.8, 4) is 0 Å². The van der Waals surface area contributed by atoms with E-state index < -0.39 is 0 Å². The second-order valence-electron chi connectivity index (χ2n) is 4.60. The molecule has 0 saturated carbocycles. The van der Waals surface area contributed by atoms with Crippen molar-refractivity contribution < 1.29 is 14.3 Å². The number of allylic oxidation sites excluding steroid dienone is 2. The van der Waals surface area contributed by atoms with Crippen LogP contribution in [0.1, 0.15) is 51.9 Å². The van der Waals surface area contributed by atoms with Gasteiger partial charge >= 0.3 is 5.97 Å². The van der Waals surface area contributed by atoms with Crippen molar-refractivity contribution in [1.82, 2.24) is 0 Å². The average Bonchev–Trinajstić information content (AvgIpc) is 2.71. The SMILES string of the molecule is CCOC(=O)CC(S)CCCCC1=CCCC1=O. The Morgan fingerprint density at radius 3 is 2.89 bits per heavy atom. The van der Waals surface area contributed by atoms with E-state index in [-0.39, 0.29) is 11.2 Å². The molecule has 0 aromatic heterocycles. The van der Waals surface area contributed by atoms with Gasteiger partial charge in [0.15, 0.2) is 5.78 Å². The van der Waals surface area contributed by atoms with Crippen molar-refractivity contribution in [1.29, 1.82) is 0 Å².